The highest BCUT2D eigenvalue weighted by Gasteiger charge is 2.41. The molecule has 1 saturated carbocycles. The number of nitrogens with zero attached hydrogens (tertiary/aromatic N) is 2. The van der Waals surface area contributed by atoms with E-state index in [1.54, 1.807) is 0 Å². The average Bonchev–Trinajstić information content (AvgIpc) is 3.02. The molecule has 3 heteroatoms. The topological polar surface area (TPSA) is 23.6 Å². The van der Waals surface area contributed by atoms with Gasteiger partial charge >= 0.3 is 0 Å². The van der Waals surface area contributed by atoms with Gasteiger partial charge in [-0.2, -0.15) is 0 Å². The van der Waals surface area contributed by atoms with Crippen LogP contribution in [-0.2, 0) is 11.2 Å². The SMILES string of the molecule is CCC[C@@H]1C[C@H](N(C)C(C)C)CC[C@@H]1N1CC[C@H](Cc2ccccc2)C1=O. The monoisotopic (exact) mass is 370 g/mol. The van der Waals surface area contributed by atoms with Gasteiger partial charge < -0.3 is 9.80 Å². The fraction of sp³-hybridized carbons (Fsp3) is 0.708. The van der Waals surface area contributed by atoms with E-state index in [9.17, 15) is 4.79 Å². The Labute approximate surface area is 166 Å². The first-order valence-electron chi connectivity index (χ1n) is 11.1. The van der Waals surface area contributed by atoms with Crippen LogP contribution in [0.1, 0.15) is 64.9 Å². The number of carbonyl (C=O) groups is 1. The van der Waals surface area contributed by atoms with Crippen molar-refractivity contribution in [3.05, 3.63) is 35.9 Å². The van der Waals surface area contributed by atoms with Crippen LogP contribution in [0.15, 0.2) is 30.3 Å². The first-order valence-corrected chi connectivity index (χ1v) is 11.1. The lowest BCUT2D eigenvalue weighted by Crippen LogP contribution is -2.50. The molecule has 150 valence electrons. The molecular weight excluding hydrogens is 332 g/mol. The van der Waals surface area contributed by atoms with E-state index in [1.165, 1.54) is 37.7 Å². The van der Waals surface area contributed by atoms with Crippen molar-refractivity contribution in [3.8, 4) is 0 Å². The summed E-state index contributed by atoms with van der Waals surface area (Å²) in [5.41, 5.74) is 1.30. The smallest absolute Gasteiger partial charge is 0.226 e. The first kappa shape index (κ1) is 20.4. The second kappa shape index (κ2) is 9.23. The molecule has 0 bridgehead atoms. The van der Waals surface area contributed by atoms with Crippen LogP contribution in [0.2, 0.25) is 0 Å². The van der Waals surface area contributed by atoms with E-state index in [2.05, 4.69) is 61.9 Å². The number of rotatable bonds is 7. The van der Waals surface area contributed by atoms with Crippen LogP contribution in [0.25, 0.3) is 0 Å². The lowest BCUT2D eigenvalue weighted by atomic mass is 9.77. The zero-order valence-corrected chi connectivity index (χ0v) is 17.7. The van der Waals surface area contributed by atoms with Crippen molar-refractivity contribution in [1.82, 2.24) is 9.80 Å². The summed E-state index contributed by atoms with van der Waals surface area (Å²) < 4.78 is 0. The maximum absolute atomic E-state index is 13.2. The second-order valence-electron chi connectivity index (χ2n) is 9.05. The van der Waals surface area contributed by atoms with Crippen molar-refractivity contribution in [3.63, 3.8) is 0 Å². The third-order valence-electron chi connectivity index (χ3n) is 7.04. The molecule has 2 aliphatic rings. The summed E-state index contributed by atoms with van der Waals surface area (Å²) in [4.78, 5) is 18.0. The van der Waals surface area contributed by atoms with Gasteiger partial charge in [0.2, 0.25) is 5.91 Å². The third-order valence-corrected chi connectivity index (χ3v) is 7.04. The Kier molecular flexibility index (Phi) is 6.97. The van der Waals surface area contributed by atoms with Crippen LogP contribution in [-0.4, -0.2) is 47.4 Å². The highest BCUT2D eigenvalue weighted by Crippen LogP contribution is 2.37. The van der Waals surface area contributed by atoms with Gasteiger partial charge in [-0.05, 0) is 70.9 Å². The van der Waals surface area contributed by atoms with Crippen LogP contribution in [0.3, 0.4) is 0 Å². The molecule has 27 heavy (non-hydrogen) atoms. The maximum Gasteiger partial charge on any atom is 0.226 e. The van der Waals surface area contributed by atoms with E-state index in [0.717, 1.165) is 19.4 Å². The lowest BCUT2D eigenvalue weighted by Gasteiger charge is -2.44. The number of benzene rings is 1. The van der Waals surface area contributed by atoms with E-state index in [4.69, 9.17) is 0 Å². The molecule has 0 unspecified atom stereocenters. The summed E-state index contributed by atoms with van der Waals surface area (Å²) in [6, 6.07) is 12.3. The van der Waals surface area contributed by atoms with Crippen LogP contribution in [0, 0.1) is 11.8 Å². The minimum atomic E-state index is 0.186. The van der Waals surface area contributed by atoms with Crippen molar-refractivity contribution >= 4 is 5.91 Å². The van der Waals surface area contributed by atoms with Crippen LogP contribution < -0.4 is 0 Å². The predicted octanol–water partition coefficient (Wildman–Crippen LogP) is 4.76. The van der Waals surface area contributed by atoms with Crippen LogP contribution in [0.4, 0.5) is 0 Å². The molecule has 1 aromatic rings. The summed E-state index contributed by atoms with van der Waals surface area (Å²) in [6.07, 6.45) is 8.05. The predicted molar refractivity (Wildman–Crippen MR) is 113 cm³/mol. The quantitative estimate of drug-likeness (QED) is 0.691. The minimum Gasteiger partial charge on any atom is -0.339 e. The summed E-state index contributed by atoms with van der Waals surface area (Å²) >= 11 is 0. The fourth-order valence-electron chi connectivity index (χ4n) is 5.29. The van der Waals surface area contributed by atoms with E-state index in [0.29, 0.717) is 30.0 Å². The van der Waals surface area contributed by atoms with E-state index in [1.807, 2.05) is 6.07 Å². The number of carbonyl (C=O) groups excluding carboxylic acids is 1. The minimum absolute atomic E-state index is 0.186. The van der Waals surface area contributed by atoms with Gasteiger partial charge in [0.25, 0.3) is 0 Å². The molecule has 0 aromatic heterocycles. The van der Waals surface area contributed by atoms with Gasteiger partial charge in [0.15, 0.2) is 0 Å². The molecule has 1 aliphatic carbocycles. The Balaban J connectivity index is 1.65. The number of amides is 1. The maximum atomic E-state index is 13.2. The van der Waals surface area contributed by atoms with Crippen molar-refractivity contribution in [2.75, 3.05) is 13.6 Å². The zero-order valence-electron chi connectivity index (χ0n) is 17.7. The zero-order chi connectivity index (χ0) is 19.4. The Morgan fingerprint density at radius 3 is 2.56 bits per heavy atom. The number of hydrogen-bond donors (Lipinski definition) is 0. The molecule has 4 atom stereocenters. The normalized spacial score (nSPS) is 29.1. The highest BCUT2D eigenvalue weighted by molar-refractivity contribution is 5.81. The first-order chi connectivity index (χ1) is 13.0. The Morgan fingerprint density at radius 2 is 1.89 bits per heavy atom. The fourth-order valence-corrected chi connectivity index (χ4v) is 5.29. The number of hydrogen-bond acceptors (Lipinski definition) is 2. The molecule has 0 N–H and O–H groups in total. The molecule has 1 aromatic carbocycles. The summed E-state index contributed by atoms with van der Waals surface area (Å²) in [7, 11) is 2.27. The lowest BCUT2D eigenvalue weighted by molar-refractivity contribution is -0.135. The van der Waals surface area contributed by atoms with Gasteiger partial charge in [0, 0.05) is 30.6 Å². The molecule has 0 radical (unpaired) electrons. The van der Waals surface area contributed by atoms with Gasteiger partial charge in [0.1, 0.15) is 0 Å². The van der Waals surface area contributed by atoms with Crippen molar-refractivity contribution in [1.29, 1.82) is 0 Å². The summed E-state index contributed by atoms with van der Waals surface area (Å²) in [5.74, 6) is 1.26. The molecule has 1 aliphatic heterocycles. The highest BCUT2D eigenvalue weighted by atomic mass is 16.2. The van der Waals surface area contributed by atoms with Crippen molar-refractivity contribution < 1.29 is 4.79 Å². The van der Waals surface area contributed by atoms with Gasteiger partial charge in [0.05, 0.1) is 0 Å². The summed E-state index contributed by atoms with van der Waals surface area (Å²) in [5, 5.41) is 0. The molecule has 3 nitrogen and oxygen atoms in total. The molecule has 2 fully saturated rings. The van der Waals surface area contributed by atoms with Crippen molar-refractivity contribution in [2.24, 2.45) is 11.8 Å². The van der Waals surface area contributed by atoms with Crippen molar-refractivity contribution in [2.45, 2.75) is 83.8 Å². The molecule has 3 rings (SSSR count). The number of likely N-dealkylation sites (tertiary alicyclic amines) is 1. The molecule has 1 heterocycles. The Morgan fingerprint density at radius 1 is 1.15 bits per heavy atom. The van der Waals surface area contributed by atoms with E-state index in [-0.39, 0.29) is 5.92 Å². The molecule has 0 spiro atoms. The van der Waals surface area contributed by atoms with Gasteiger partial charge in [-0.25, -0.2) is 0 Å². The van der Waals surface area contributed by atoms with E-state index < -0.39 is 0 Å². The largest absolute Gasteiger partial charge is 0.339 e. The Hall–Kier alpha value is -1.35. The Bertz CT molecular complexity index is 600. The second-order valence-corrected chi connectivity index (χ2v) is 9.05. The summed E-state index contributed by atoms with van der Waals surface area (Å²) in [6.45, 7) is 7.83. The van der Waals surface area contributed by atoms with Crippen LogP contribution >= 0.6 is 0 Å². The molecule has 1 amide bonds. The molecular formula is C24H38N2O. The van der Waals surface area contributed by atoms with Crippen LogP contribution in [0.5, 0.6) is 0 Å². The third kappa shape index (κ3) is 4.74. The average molecular weight is 371 g/mol. The van der Waals surface area contributed by atoms with E-state index >= 15 is 0 Å². The van der Waals surface area contributed by atoms with Gasteiger partial charge in [-0.15, -0.1) is 0 Å². The van der Waals surface area contributed by atoms with Gasteiger partial charge in [-0.3, -0.25) is 4.79 Å². The van der Waals surface area contributed by atoms with Gasteiger partial charge in [-0.1, -0.05) is 43.7 Å². The molecule has 1 saturated heterocycles. The standard InChI is InChI=1S/C24H38N2O/c1-5-9-20-17-22(25(4)18(2)3)12-13-23(20)26-15-14-21(24(26)27)16-19-10-7-6-8-11-19/h6-8,10-11,18,20-23H,5,9,12-17H2,1-4H3/t20-,21-,22-,23+/m1/s1.